The van der Waals surface area contributed by atoms with Gasteiger partial charge in [0.1, 0.15) is 0 Å². The quantitative estimate of drug-likeness (QED) is 0.845. The zero-order valence-electron chi connectivity index (χ0n) is 14.5. The highest BCUT2D eigenvalue weighted by Gasteiger charge is 2.22. The third-order valence-electron chi connectivity index (χ3n) is 4.24. The minimum absolute atomic E-state index is 0.00191. The average molecular weight is 324 g/mol. The van der Waals surface area contributed by atoms with Crippen LogP contribution in [0.1, 0.15) is 44.1 Å². The van der Waals surface area contributed by atoms with E-state index in [2.05, 4.69) is 5.32 Å². The van der Waals surface area contributed by atoms with Gasteiger partial charge in [-0.1, -0.05) is 26.8 Å². The maximum Gasteiger partial charge on any atom is 0.225 e. The third-order valence-corrected chi connectivity index (χ3v) is 4.24. The molecular weight excluding hydrogens is 300 g/mol. The first-order valence-electron chi connectivity index (χ1n) is 8.56. The smallest absolute Gasteiger partial charge is 0.225 e. The van der Waals surface area contributed by atoms with Crippen molar-refractivity contribution in [1.29, 1.82) is 0 Å². The normalized spacial score (nSPS) is 12.7. The molecule has 1 aliphatic carbocycles. The summed E-state index contributed by atoms with van der Waals surface area (Å²) in [5.74, 6) is 0.928. The molecule has 1 amide bonds. The van der Waals surface area contributed by atoms with Gasteiger partial charge in [0.25, 0.3) is 0 Å². The van der Waals surface area contributed by atoms with Crippen molar-refractivity contribution in [3.05, 3.63) is 35.2 Å². The van der Waals surface area contributed by atoms with Crippen LogP contribution in [0.5, 0.6) is 0 Å². The fourth-order valence-electron chi connectivity index (χ4n) is 3.10. The Bertz CT molecular complexity index is 783. The summed E-state index contributed by atoms with van der Waals surface area (Å²) < 4.78 is 0. The second-order valence-corrected chi connectivity index (χ2v) is 6.73. The first kappa shape index (κ1) is 16.4. The Morgan fingerprint density at radius 1 is 1.29 bits per heavy atom. The lowest BCUT2D eigenvalue weighted by atomic mass is 9.91. The van der Waals surface area contributed by atoms with Gasteiger partial charge in [0.2, 0.25) is 5.91 Å². The molecule has 24 heavy (non-hydrogen) atoms. The zero-order chi connectivity index (χ0) is 17.3. The number of benzene rings is 1. The van der Waals surface area contributed by atoms with Gasteiger partial charge in [0, 0.05) is 17.7 Å². The average Bonchev–Trinajstić information content (AvgIpc) is 2.52. The second kappa shape index (κ2) is 6.59. The maximum atomic E-state index is 12.1. The van der Waals surface area contributed by atoms with Crippen molar-refractivity contribution in [2.45, 2.75) is 46.5 Å². The maximum absolute atomic E-state index is 12.1. The molecule has 0 saturated heterocycles. The molecule has 0 radical (unpaired) electrons. The van der Waals surface area contributed by atoms with E-state index in [4.69, 9.17) is 15.7 Å². The number of hydrogen-bond donors (Lipinski definition) is 2. The molecule has 0 spiro atoms. The number of nitrogens with zero attached hydrogens (tertiary/aromatic N) is 2. The van der Waals surface area contributed by atoms with E-state index in [0.29, 0.717) is 18.2 Å². The van der Waals surface area contributed by atoms with Crippen molar-refractivity contribution in [3.8, 4) is 11.3 Å². The van der Waals surface area contributed by atoms with Crippen LogP contribution >= 0.6 is 0 Å². The summed E-state index contributed by atoms with van der Waals surface area (Å²) in [7, 11) is 0. The Kier molecular flexibility index (Phi) is 4.51. The van der Waals surface area contributed by atoms with Gasteiger partial charge >= 0.3 is 0 Å². The van der Waals surface area contributed by atoms with Gasteiger partial charge < -0.3 is 11.1 Å². The Morgan fingerprint density at radius 2 is 2.08 bits per heavy atom. The van der Waals surface area contributed by atoms with E-state index in [1.165, 1.54) is 5.56 Å². The van der Waals surface area contributed by atoms with E-state index < -0.39 is 0 Å². The topological polar surface area (TPSA) is 80.9 Å². The number of aromatic nitrogens is 2. The summed E-state index contributed by atoms with van der Waals surface area (Å²) in [5, 5.41) is 2.94. The van der Waals surface area contributed by atoms with E-state index in [1.54, 1.807) is 0 Å². The van der Waals surface area contributed by atoms with Crippen molar-refractivity contribution < 1.29 is 4.79 Å². The fraction of sp³-hybridized carbons (Fsp3) is 0.421. The Labute approximate surface area is 142 Å². The van der Waals surface area contributed by atoms with E-state index in [1.807, 2.05) is 39.0 Å². The number of amides is 1. The summed E-state index contributed by atoms with van der Waals surface area (Å²) in [4.78, 5) is 21.6. The number of aryl methyl sites for hydroxylation is 3. The van der Waals surface area contributed by atoms with Gasteiger partial charge in [-0.05, 0) is 42.9 Å². The van der Waals surface area contributed by atoms with Gasteiger partial charge in [-0.3, -0.25) is 4.79 Å². The van der Waals surface area contributed by atoms with E-state index in [0.717, 1.165) is 47.6 Å². The molecule has 126 valence electrons. The van der Waals surface area contributed by atoms with Crippen molar-refractivity contribution in [1.82, 2.24) is 9.97 Å². The number of rotatable bonds is 4. The van der Waals surface area contributed by atoms with Crippen molar-refractivity contribution >= 4 is 17.4 Å². The molecule has 0 atom stereocenters. The molecule has 0 fully saturated rings. The summed E-state index contributed by atoms with van der Waals surface area (Å²) in [6.07, 6.45) is 2.93. The number of carbonyl (C=O) groups is 1. The molecule has 0 saturated carbocycles. The molecule has 0 bridgehead atoms. The van der Waals surface area contributed by atoms with Gasteiger partial charge in [-0.15, -0.1) is 0 Å². The molecule has 1 aromatic heterocycles. The zero-order valence-corrected chi connectivity index (χ0v) is 14.5. The molecule has 5 nitrogen and oxygen atoms in total. The summed E-state index contributed by atoms with van der Waals surface area (Å²) in [5.41, 5.74) is 11.7. The molecule has 1 aliphatic rings. The standard InChI is InChI=1S/C19H24N4O/c1-4-15-19(23-17(24)9-11(2)3)22-16-8-5-12-10-13(20)6-7-14(12)18(16)21-15/h6-7,10-11H,4-5,8-9,20H2,1-3H3,(H,22,23,24). The minimum Gasteiger partial charge on any atom is -0.399 e. The first-order chi connectivity index (χ1) is 11.5. The van der Waals surface area contributed by atoms with Gasteiger partial charge in [-0.2, -0.15) is 0 Å². The predicted molar refractivity (Wildman–Crippen MR) is 96.8 cm³/mol. The van der Waals surface area contributed by atoms with Gasteiger partial charge in [0.15, 0.2) is 5.82 Å². The van der Waals surface area contributed by atoms with Crippen LogP contribution < -0.4 is 11.1 Å². The van der Waals surface area contributed by atoms with E-state index >= 15 is 0 Å². The number of hydrogen-bond acceptors (Lipinski definition) is 4. The highest BCUT2D eigenvalue weighted by Crippen LogP contribution is 2.33. The van der Waals surface area contributed by atoms with E-state index in [9.17, 15) is 4.79 Å². The largest absolute Gasteiger partial charge is 0.399 e. The number of nitrogens with one attached hydrogen (secondary N) is 1. The number of carbonyl (C=O) groups excluding carboxylic acids is 1. The van der Waals surface area contributed by atoms with Gasteiger partial charge in [0.05, 0.1) is 17.1 Å². The molecule has 0 unspecified atom stereocenters. The number of nitrogens with two attached hydrogens (primary N) is 1. The van der Waals surface area contributed by atoms with E-state index in [-0.39, 0.29) is 5.91 Å². The first-order valence-corrected chi connectivity index (χ1v) is 8.56. The highest BCUT2D eigenvalue weighted by molar-refractivity contribution is 5.90. The Balaban J connectivity index is 1.98. The van der Waals surface area contributed by atoms with Crippen LogP contribution in [-0.2, 0) is 24.1 Å². The van der Waals surface area contributed by atoms with Crippen LogP contribution in [0.25, 0.3) is 11.3 Å². The number of fused-ring (bicyclic) bond motifs is 3. The minimum atomic E-state index is -0.00191. The van der Waals surface area contributed by atoms with Crippen LogP contribution in [-0.4, -0.2) is 15.9 Å². The van der Waals surface area contributed by atoms with Crippen LogP contribution in [0, 0.1) is 5.92 Å². The fourth-order valence-corrected chi connectivity index (χ4v) is 3.10. The van der Waals surface area contributed by atoms with Crippen LogP contribution in [0.15, 0.2) is 18.2 Å². The predicted octanol–water partition coefficient (Wildman–Crippen LogP) is 3.37. The van der Waals surface area contributed by atoms with Crippen molar-refractivity contribution in [3.63, 3.8) is 0 Å². The number of anilines is 2. The second-order valence-electron chi connectivity index (χ2n) is 6.73. The molecule has 1 aromatic carbocycles. The molecule has 5 heteroatoms. The molecule has 0 aliphatic heterocycles. The molecular formula is C19H24N4O. The lowest BCUT2D eigenvalue weighted by Crippen LogP contribution is -2.19. The Hall–Kier alpha value is -2.43. The van der Waals surface area contributed by atoms with Crippen molar-refractivity contribution in [2.24, 2.45) is 5.92 Å². The molecule has 1 heterocycles. The lowest BCUT2D eigenvalue weighted by Gasteiger charge is -2.21. The SMILES string of the molecule is CCc1nc2c(nc1NC(=O)CC(C)C)CCc1cc(N)ccc1-2. The summed E-state index contributed by atoms with van der Waals surface area (Å²) in [6, 6.07) is 5.94. The third kappa shape index (κ3) is 3.25. The lowest BCUT2D eigenvalue weighted by molar-refractivity contribution is -0.116. The van der Waals surface area contributed by atoms with Crippen LogP contribution in [0.2, 0.25) is 0 Å². The molecule has 3 rings (SSSR count). The van der Waals surface area contributed by atoms with Crippen LogP contribution in [0.3, 0.4) is 0 Å². The van der Waals surface area contributed by atoms with Crippen LogP contribution in [0.4, 0.5) is 11.5 Å². The summed E-state index contributed by atoms with van der Waals surface area (Å²) >= 11 is 0. The monoisotopic (exact) mass is 324 g/mol. The highest BCUT2D eigenvalue weighted by atomic mass is 16.1. The number of nitrogen functional groups attached to an aromatic ring is 1. The Morgan fingerprint density at radius 3 is 2.79 bits per heavy atom. The molecule has 2 aromatic rings. The van der Waals surface area contributed by atoms with Crippen molar-refractivity contribution in [2.75, 3.05) is 11.1 Å². The molecule has 3 N–H and O–H groups in total. The summed E-state index contributed by atoms with van der Waals surface area (Å²) in [6.45, 7) is 6.09. The van der Waals surface area contributed by atoms with Gasteiger partial charge in [-0.25, -0.2) is 9.97 Å².